The molecule has 7 heteroatoms. The molecule has 6 nitrogen and oxygen atoms in total. The van der Waals surface area contributed by atoms with Crippen LogP contribution in [-0.2, 0) is 11.8 Å². The minimum absolute atomic E-state index is 0. The van der Waals surface area contributed by atoms with Crippen molar-refractivity contribution in [1.82, 2.24) is 20.0 Å². The Hall–Kier alpha value is -0.830. The lowest BCUT2D eigenvalue weighted by Gasteiger charge is -2.23. The van der Waals surface area contributed by atoms with Gasteiger partial charge in [-0.05, 0) is 24.8 Å². The molecule has 3 rings (SSSR count). The molecule has 2 fully saturated rings. The fraction of sp³-hybridized carbons (Fsp3) is 0.733. The Kier molecular flexibility index (Phi) is 6.49. The fourth-order valence-corrected chi connectivity index (χ4v) is 3.22. The van der Waals surface area contributed by atoms with E-state index in [-0.39, 0.29) is 24.0 Å². The van der Waals surface area contributed by atoms with E-state index in [2.05, 4.69) is 26.5 Å². The quantitative estimate of drug-likeness (QED) is 0.459. The molecular formula is C15H26IN5O. The van der Waals surface area contributed by atoms with Crippen LogP contribution in [0, 0.1) is 0 Å². The Balaban J connectivity index is 0.00000176. The maximum Gasteiger partial charge on any atom is 0.193 e. The van der Waals surface area contributed by atoms with Crippen molar-refractivity contribution < 1.29 is 4.74 Å². The topological polar surface area (TPSA) is 54.7 Å². The molecule has 1 N–H and O–H groups in total. The van der Waals surface area contributed by atoms with Crippen molar-refractivity contribution in [3.05, 3.63) is 18.0 Å². The molecule has 0 radical (unpaired) electrons. The van der Waals surface area contributed by atoms with Gasteiger partial charge in [-0.25, -0.2) is 0 Å². The van der Waals surface area contributed by atoms with Crippen LogP contribution < -0.4 is 5.32 Å². The van der Waals surface area contributed by atoms with E-state index in [1.165, 1.54) is 12.0 Å². The monoisotopic (exact) mass is 419 g/mol. The van der Waals surface area contributed by atoms with Crippen molar-refractivity contribution in [2.45, 2.75) is 31.3 Å². The van der Waals surface area contributed by atoms with Gasteiger partial charge in [0, 0.05) is 52.5 Å². The smallest absolute Gasteiger partial charge is 0.193 e. The molecule has 3 heterocycles. The lowest BCUT2D eigenvalue weighted by Crippen LogP contribution is -2.42. The Bertz CT molecular complexity index is 498. The summed E-state index contributed by atoms with van der Waals surface area (Å²) in [5.74, 6) is 1.55. The highest BCUT2D eigenvalue weighted by Crippen LogP contribution is 2.26. The van der Waals surface area contributed by atoms with E-state index in [1.807, 2.05) is 25.0 Å². The van der Waals surface area contributed by atoms with Gasteiger partial charge in [-0.2, -0.15) is 5.10 Å². The van der Waals surface area contributed by atoms with Gasteiger partial charge < -0.3 is 15.0 Å². The first-order chi connectivity index (χ1) is 10.3. The maximum atomic E-state index is 5.66. The van der Waals surface area contributed by atoms with Gasteiger partial charge >= 0.3 is 0 Å². The molecule has 0 bridgehead atoms. The third-order valence-electron chi connectivity index (χ3n) is 4.41. The molecule has 124 valence electrons. The van der Waals surface area contributed by atoms with E-state index in [1.54, 1.807) is 0 Å². The summed E-state index contributed by atoms with van der Waals surface area (Å²) >= 11 is 0. The minimum Gasteiger partial charge on any atom is -0.376 e. The second kappa shape index (κ2) is 8.14. The number of guanidine groups is 1. The van der Waals surface area contributed by atoms with Crippen molar-refractivity contribution in [2.24, 2.45) is 12.0 Å². The molecule has 2 aliphatic rings. The van der Waals surface area contributed by atoms with Gasteiger partial charge in [0.1, 0.15) is 0 Å². The van der Waals surface area contributed by atoms with Crippen LogP contribution in [0.1, 0.15) is 30.7 Å². The third kappa shape index (κ3) is 4.13. The van der Waals surface area contributed by atoms with Crippen molar-refractivity contribution in [2.75, 3.05) is 33.3 Å². The number of nitrogens with zero attached hydrogens (tertiary/aromatic N) is 4. The molecule has 0 spiro atoms. The number of aliphatic imine (C=N–C) groups is 1. The van der Waals surface area contributed by atoms with Gasteiger partial charge in [-0.15, -0.1) is 24.0 Å². The average Bonchev–Trinajstić information content (AvgIpc) is 3.19. The highest BCUT2D eigenvalue weighted by atomic mass is 127. The van der Waals surface area contributed by atoms with Crippen LogP contribution in [-0.4, -0.2) is 60.0 Å². The molecule has 0 aromatic carbocycles. The highest BCUT2D eigenvalue weighted by molar-refractivity contribution is 14.0. The standard InChI is InChI=1S/C15H25N5O.HI/c1-16-15(17-9-14-4-3-7-21-14)20-6-5-12(11-20)13-8-18-19(2)10-13;/h8,10,12,14H,3-7,9,11H2,1-2H3,(H,16,17);1H. The van der Waals surface area contributed by atoms with E-state index < -0.39 is 0 Å². The number of ether oxygens (including phenoxy) is 1. The average molecular weight is 419 g/mol. The highest BCUT2D eigenvalue weighted by Gasteiger charge is 2.27. The first-order valence-electron chi connectivity index (χ1n) is 7.82. The number of nitrogens with one attached hydrogen (secondary N) is 1. The van der Waals surface area contributed by atoms with Crippen molar-refractivity contribution in [1.29, 1.82) is 0 Å². The van der Waals surface area contributed by atoms with Gasteiger partial charge in [0.2, 0.25) is 0 Å². The maximum absolute atomic E-state index is 5.66. The van der Waals surface area contributed by atoms with Crippen molar-refractivity contribution in [3.63, 3.8) is 0 Å². The number of rotatable bonds is 3. The third-order valence-corrected chi connectivity index (χ3v) is 4.41. The summed E-state index contributed by atoms with van der Waals surface area (Å²) in [6, 6.07) is 0. The summed E-state index contributed by atoms with van der Waals surface area (Å²) in [5, 5.41) is 7.74. The molecule has 22 heavy (non-hydrogen) atoms. The lowest BCUT2D eigenvalue weighted by molar-refractivity contribution is 0.113. The van der Waals surface area contributed by atoms with Crippen LogP contribution in [0.3, 0.4) is 0 Å². The Morgan fingerprint density at radius 2 is 2.36 bits per heavy atom. The second-order valence-electron chi connectivity index (χ2n) is 5.94. The van der Waals surface area contributed by atoms with E-state index in [4.69, 9.17) is 4.74 Å². The first kappa shape index (κ1) is 17.5. The number of hydrogen-bond donors (Lipinski definition) is 1. The van der Waals surface area contributed by atoms with Crippen LogP contribution in [0.5, 0.6) is 0 Å². The zero-order valence-corrected chi connectivity index (χ0v) is 15.7. The Morgan fingerprint density at radius 3 is 3.00 bits per heavy atom. The summed E-state index contributed by atoms with van der Waals surface area (Å²) in [6.07, 6.45) is 7.94. The lowest BCUT2D eigenvalue weighted by atomic mass is 10.0. The number of likely N-dealkylation sites (tertiary alicyclic amines) is 1. The van der Waals surface area contributed by atoms with E-state index in [0.717, 1.165) is 45.0 Å². The molecular weight excluding hydrogens is 393 g/mol. The van der Waals surface area contributed by atoms with Crippen LogP contribution in [0.25, 0.3) is 0 Å². The zero-order valence-electron chi connectivity index (χ0n) is 13.4. The fourth-order valence-electron chi connectivity index (χ4n) is 3.22. The van der Waals surface area contributed by atoms with Gasteiger partial charge in [-0.3, -0.25) is 9.67 Å². The summed E-state index contributed by atoms with van der Waals surface area (Å²) in [7, 11) is 3.83. The second-order valence-corrected chi connectivity index (χ2v) is 5.94. The van der Waals surface area contributed by atoms with Crippen molar-refractivity contribution >= 4 is 29.9 Å². The molecule has 0 saturated carbocycles. The van der Waals surface area contributed by atoms with Crippen LogP contribution in [0.2, 0.25) is 0 Å². The largest absolute Gasteiger partial charge is 0.376 e. The summed E-state index contributed by atoms with van der Waals surface area (Å²) in [4.78, 5) is 6.76. The normalized spacial score (nSPS) is 25.4. The number of aryl methyl sites for hydroxylation is 1. The van der Waals surface area contributed by atoms with Crippen LogP contribution in [0.15, 0.2) is 17.4 Å². The molecule has 2 saturated heterocycles. The first-order valence-corrected chi connectivity index (χ1v) is 7.82. The SMILES string of the molecule is CN=C(NCC1CCCO1)N1CCC(c2cnn(C)c2)C1.I. The molecule has 1 aromatic heterocycles. The van der Waals surface area contributed by atoms with Gasteiger partial charge in [0.15, 0.2) is 5.96 Å². The number of hydrogen-bond acceptors (Lipinski definition) is 3. The predicted molar refractivity (Wildman–Crippen MR) is 97.9 cm³/mol. The molecule has 0 aliphatic carbocycles. The van der Waals surface area contributed by atoms with Crippen molar-refractivity contribution in [3.8, 4) is 0 Å². The predicted octanol–water partition coefficient (Wildman–Crippen LogP) is 1.58. The molecule has 2 aliphatic heterocycles. The Labute approximate surface area is 149 Å². The molecule has 2 unspecified atom stereocenters. The van der Waals surface area contributed by atoms with E-state index >= 15 is 0 Å². The number of halogens is 1. The Morgan fingerprint density at radius 1 is 1.50 bits per heavy atom. The van der Waals surface area contributed by atoms with Gasteiger partial charge in [0.25, 0.3) is 0 Å². The summed E-state index contributed by atoms with van der Waals surface area (Å²) in [6.45, 7) is 3.82. The van der Waals surface area contributed by atoms with E-state index in [9.17, 15) is 0 Å². The van der Waals surface area contributed by atoms with Gasteiger partial charge in [-0.1, -0.05) is 0 Å². The minimum atomic E-state index is 0. The number of aromatic nitrogens is 2. The summed E-state index contributed by atoms with van der Waals surface area (Å²) < 4.78 is 7.53. The van der Waals surface area contributed by atoms with Crippen LogP contribution >= 0.6 is 24.0 Å². The van der Waals surface area contributed by atoms with Crippen LogP contribution in [0.4, 0.5) is 0 Å². The van der Waals surface area contributed by atoms with E-state index in [0.29, 0.717) is 12.0 Å². The molecule has 1 aromatic rings. The molecule has 0 amide bonds. The summed E-state index contributed by atoms with van der Waals surface area (Å²) in [5.41, 5.74) is 1.33. The zero-order chi connectivity index (χ0) is 14.7. The van der Waals surface area contributed by atoms with Gasteiger partial charge in [0.05, 0.1) is 12.3 Å². The molecule has 2 atom stereocenters.